The van der Waals surface area contributed by atoms with Gasteiger partial charge in [-0.05, 0) is 25.7 Å². The summed E-state index contributed by atoms with van der Waals surface area (Å²) >= 11 is 0. The van der Waals surface area contributed by atoms with Gasteiger partial charge in [0.2, 0.25) is 0 Å². The van der Waals surface area contributed by atoms with Crippen LogP contribution in [0.1, 0.15) is 18.7 Å². The highest BCUT2D eigenvalue weighted by Crippen LogP contribution is 2.25. The first-order valence-corrected chi connectivity index (χ1v) is 6.07. The third-order valence-corrected chi connectivity index (χ3v) is 3.41. The van der Waals surface area contributed by atoms with Crippen LogP contribution in [0.15, 0.2) is 10.9 Å². The van der Waals surface area contributed by atoms with E-state index >= 15 is 0 Å². The highest BCUT2D eigenvalue weighted by atomic mass is 16.1. The molecule has 4 N–H and O–H groups in total. The predicted octanol–water partition coefficient (Wildman–Crippen LogP) is -0.125. The van der Waals surface area contributed by atoms with E-state index in [1.54, 1.807) is 13.0 Å². The standard InChI is InChI=1S/C11H16N6O/c1-6-14-9(13-5-7-2-8(12)3-7)4-10-15-16-11(18)17(6)10/h4,7-8,13H,2-3,5,12H2,1H3,(H,16,18). The smallest absolute Gasteiger partial charge is 0.349 e. The van der Waals surface area contributed by atoms with Gasteiger partial charge in [0.1, 0.15) is 11.6 Å². The third-order valence-electron chi connectivity index (χ3n) is 3.41. The number of fused-ring (bicyclic) bond motifs is 1. The molecule has 1 saturated carbocycles. The second-order valence-corrected chi connectivity index (χ2v) is 4.89. The van der Waals surface area contributed by atoms with Crippen molar-refractivity contribution in [1.29, 1.82) is 0 Å². The molecule has 2 heterocycles. The summed E-state index contributed by atoms with van der Waals surface area (Å²) in [4.78, 5) is 15.8. The van der Waals surface area contributed by atoms with Crippen LogP contribution in [0.4, 0.5) is 5.82 Å². The van der Waals surface area contributed by atoms with Crippen molar-refractivity contribution in [3.63, 3.8) is 0 Å². The van der Waals surface area contributed by atoms with Crippen molar-refractivity contribution in [2.24, 2.45) is 11.7 Å². The van der Waals surface area contributed by atoms with E-state index in [-0.39, 0.29) is 5.69 Å². The van der Waals surface area contributed by atoms with Gasteiger partial charge in [0, 0.05) is 18.7 Å². The number of anilines is 1. The number of rotatable bonds is 3. The maximum atomic E-state index is 11.4. The predicted molar refractivity (Wildman–Crippen MR) is 67.5 cm³/mol. The lowest BCUT2D eigenvalue weighted by molar-refractivity contribution is 0.280. The third kappa shape index (κ3) is 1.86. The largest absolute Gasteiger partial charge is 0.370 e. The SMILES string of the molecule is Cc1nc(NCC2CC(N)C2)cc2n[nH]c(=O)n12. The van der Waals surface area contributed by atoms with Crippen LogP contribution >= 0.6 is 0 Å². The molecule has 2 aromatic rings. The Morgan fingerprint density at radius 1 is 1.61 bits per heavy atom. The highest BCUT2D eigenvalue weighted by Gasteiger charge is 2.25. The molecule has 0 amide bonds. The molecule has 0 aromatic carbocycles. The summed E-state index contributed by atoms with van der Waals surface area (Å²) in [6.45, 7) is 2.65. The van der Waals surface area contributed by atoms with Gasteiger partial charge in [-0.15, -0.1) is 0 Å². The Morgan fingerprint density at radius 3 is 3.11 bits per heavy atom. The molecular weight excluding hydrogens is 232 g/mol. The topological polar surface area (TPSA) is 101 Å². The molecule has 0 spiro atoms. The molecule has 1 aliphatic rings. The van der Waals surface area contributed by atoms with Crippen LogP contribution in [0.2, 0.25) is 0 Å². The molecule has 7 nitrogen and oxygen atoms in total. The number of nitrogens with one attached hydrogen (secondary N) is 2. The van der Waals surface area contributed by atoms with Crippen LogP contribution in [0, 0.1) is 12.8 Å². The fourth-order valence-corrected chi connectivity index (χ4v) is 2.39. The Labute approximate surface area is 103 Å². The van der Waals surface area contributed by atoms with Crippen molar-refractivity contribution in [1.82, 2.24) is 19.6 Å². The Bertz CT molecular complexity index is 624. The molecule has 2 aromatic heterocycles. The number of aromatic nitrogens is 4. The zero-order valence-electron chi connectivity index (χ0n) is 10.2. The van der Waals surface area contributed by atoms with Crippen molar-refractivity contribution >= 4 is 11.5 Å². The molecular formula is C11H16N6O. The minimum atomic E-state index is -0.258. The van der Waals surface area contributed by atoms with Gasteiger partial charge in [-0.3, -0.25) is 0 Å². The monoisotopic (exact) mass is 248 g/mol. The summed E-state index contributed by atoms with van der Waals surface area (Å²) in [5.74, 6) is 2.00. The van der Waals surface area contributed by atoms with Crippen molar-refractivity contribution in [3.8, 4) is 0 Å². The van der Waals surface area contributed by atoms with Gasteiger partial charge in [0.15, 0.2) is 5.65 Å². The number of hydrogen-bond donors (Lipinski definition) is 3. The van der Waals surface area contributed by atoms with E-state index in [1.165, 1.54) is 4.40 Å². The second kappa shape index (κ2) is 4.09. The maximum Gasteiger partial charge on any atom is 0.349 e. The summed E-state index contributed by atoms with van der Waals surface area (Å²) in [6.07, 6.45) is 2.13. The first kappa shape index (κ1) is 11.2. The van der Waals surface area contributed by atoms with Crippen molar-refractivity contribution < 1.29 is 0 Å². The Kier molecular flexibility index (Phi) is 2.55. The zero-order valence-corrected chi connectivity index (χ0v) is 10.2. The number of aromatic amines is 1. The lowest BCUT2D eigenvalue weighted by Crippen LogP contribution is -2.39. The van der Waals surface area contributed by atoms with E-state index in [9.17, 15) is 4.79 Å². The summed E-state index contributed by atoms with van der Waals surface area (Å²) in [7, 11) is 0. The zero-order chi connectivity index (χ0) is 12.7. The van der Waals surface area contributed by atoms with Gasteiger partial charge in [0.25, 0.3) is 0 Å². The molecule has 0 radical (unpaired) electrons. The average Bonchev–Trinajstić information content (AvgIpc) is 2.65. The van der Waals surface area contributed by atoms with E-state index in [0.29, 0.717) is 23.4 Å². The molecule has 1 fully saturated rings. The second-order valence-electron chi connectivity index (χ2n) is 4.89. The van der Waals surface area contributed by atoms with Crippen LogP contribution in [0.3, 0.4) is 0 Å². The Hall–Kier alpha value is -1.89. The van der Waals surface area contributed by atoms with Crippen LogP contribution < -0.4 is 16.7 Å². The van der Waals surface area contributed by atoms with E-state index in [1.807, 2.05) is 0 Å². The van der Waals surface area contributed by atoms with Crippen molar-refractivity contribution in [2.45, 2.75) is 25.8 Å². The molecule has 7 heteroatoms. The lowest BCUT2D eigenvalue weighted by Gasteiger charge is -2.32. The summed E-state index contributed by atoms with van der Waals surface area (Å²) < 4.78 is 1.45. The summed E-state index contributed by atoms with van der Waals surface area (Å²) in [6, 6.07) is 2.13. The van der Waals surface area contributed by atoms with Gasteiger partial charge >= 0.3 is 5.69 Å². The van der Waals surface area contributed by atoms with Gasteiger partial charge in [-0.2, -0.15) is 5.10 Å². The fourth-order valence-electron chi connectivity index (χ4n) is 2.39. The minimum absolute atomic E-state index is 0.258. The maximum absolute atomic E-state index is 11.4. The molecule has 0 unspecified atom stereocenters. The number of hydrogen-bond acceptors (Lipinski definition) is 5. The van der Waals surface area contributed by atoms with E-state index in [0.717, 1.165) is 25.2 Å². The van der Waals surface area contributed by atoms with Gasteiger partial charge in [-0.1, -0.05) is 0 Å². The molecule has 3 rings (SSSR count). The normalized spacial score (nSPS) is 23.0. The molecule has 0 aliphatic heterocycles. The Balaban J connectivity index is 1.78. The van der Waals surface area contributed by atoms with Crippen LogP contribution in [-0.2, 0) is 0 Å². The Morgan fingerprint density at radius 2 is 2.39 bits per heavy atom. The molecule has 0 atom stereocenters. The van der Waals surface area contributed by atoms with E-state index < -0.39 is 0 Å². The van der Waals surface area contributed by atoms with Crippen LogP contribution in [0.25, 0.3) is 5.65 Å². The fraction of sp³-hybridized carbons (Fsp3) is 0.545. The van der Waals surface area contributed by atoms with Gasteiger partial charge in [-0.25, -0.2) is 19.3 Å². The van der Waals surface area contributed by atoms with E-state index in [4.69, 9.17) is 5.73 Å². The summed E-state index contributed by atoms with van der Waals surface area (Å²) in [5, 5.41) is 9.62. The molecule has 96 valence electrons. The number of nitrogens with two attached hydrogens (primary N) is 1. The molecule has 18 heavy (non-hydrogen) atoms. The van der Waals surface area contributed by atoms with E-state index in [2.05, 4.69) is 20.5 Å². The van der Waals surface area contributed by atoms with Gasteiger partial charge in [0.05, 0.1) is 0 Å². The average molecular weight is 248 g/mol. The molecule has 0 bridgehead atoms. The lowest BCUT2D eigenvalue weighted by atomic mass is 9.81. The molecule has 0 saturated heterocycles. The molecule has 1 aliphatic carbocycles. The first-order chi connectivity index (χ1) is 8.63. The minimum Gasteiger partial charge on any atom is -0.370 e. The van der Waals surface area contributed by atoms with Crippen LogP contribution in [-0.4, -0.2) is 32.2 Å². The first-order valence-electron chi connectivity index (χ1n) is 6.07. The van der Waals surface area contributed by atoms with Gasteiger partial charge < -0.3 is 11.1 Å². The number of H-pyrrole nitrogens is 1. The summed E-state index contributed by atoms with van der Waals surface area (Å²) in [5.41, 5.74) is 6.07. The highest BCUT2D eigenvalue weighted by molar-refractivity contribution is 5.49. The van der Waals surface area contributed by atoms with Crippen molar-refractivity contribution in [2.75, 3.05) is 11.9 Å². The van der Waals surface area contributed by atoms with Crippen molar-refractivity contribution in [3.05, 3.63) is 22.4 Å². The quantitative estimate of drug-likeness (QED) is 0.702. The number of aryl methyl sites for hydroxylation is 1. The number of nitrogens with zero attached hydrogens (tertiary/aromatic N) is 3. The van der Waals surface area contributed by atoms with Crippen LogP contribution in [0.5, 0.6) is 0 Å².